The molecule has 0 saturated carbocycles. The summed E-state index contributed by atoms with van der Waals surface area (Å²) in [6.45, 7) is 4.49. The van der Waals surface area contributed by atoms with E-state index >= 15 is 0 Å². The van der Waals surface area contributed by atoms with Gasteiger partial charge >= 0.3 is 17.9 Å². The molecule has 8 heteroatoms. The van der Waals surface area contributed by atoms with Gasteiger partial charge in [-0.25, -0.2) is 4.79 Å². The Morgan fingerprint density at radius 2 is 0.964 bits per heavy atom. The van der Waals surface area contributed by atoms with E-state index in [0.29, 0.717) is 19.3 Å². The molecule has 0 amide bonds. The number of nitrogens with zero attached hydrogens (tertiary/aromatic N) is 1. The number of carbonyl (C=O) groups excluding carboxylic acids is 2. The average Bonchev–Trinajstić information content (AvgIpc) is 3.14. The van der Waals surface area contributed by atoms with Crippen molar-refractivity contribution in [3.8, 4) is 0 Å². The molecule has 2 atom stereocenters. The Morgan fingerprint density at radius 3 is 1.42 bits per heavy atom. The van der Waals surface area contributed by atoms with Gasteiger partial charge in [-0.3, -0.25) is 9.59 Å². The Labute approximate surface area is 337 Å². The molecule has 0 aliphatic heterocycles. The van der Waals surface area contributed by atoms with Gasteiger partial charge in [0.1, 0.15) is 6.61 Å². The highest BCUT2D eigenvalue weighted by Crippen LogP contribution is 2.14. The molecule has 0 radical (unpaired) electrons. The Hall–Kier alpha value is -2.97. The smallest absolute Gasteiger partial charge is 0.362 e. The Balaban J connectivity index is 4.32. The summed E-state index contributed by atoms with van der Waals surface area (Å²) in [6.07, 6.45) is 45.5. The molecular weight excluding hydrogens is 691 g/mol. The van der Waals surface area contributed by atoms with Crippen LogP contribution >= 0.6 is 0 Å². The van der Waals surface area contributed by atoms with E-state index in [0.717, 1.165) is 96.3 Å². The number of hydrogen-bond donors (Lipinski definition) is 1. The van der Waals surface area contributed by atoms with Crippen LogP contribution in [0.5, 0.6) is 0 Å². The lowest BCUT2D eigenvalue weighted by Gasteiger charge is -2.31. The standard InChI is InChI=1S/C47H81NO7/c1-6-8-10-12-14-16-18-20-21-22-23-24-25-26-28-29-31-33-35-37-45(49)54-42-43(41-53-40-39-44(47(51)52)48(3,4)5)55-46(50)38-36-34-32-30-27-19-17-15-13-11-9-7-2/h8-11,14-17,20-21,43-44H,6-7,12-13,18-19,22-42H2,1-5H3/p+1/b10-8+,11-9+,16-14+,17-15+,21-20+. The number of carboxylic acid groups (broad SMARTS) is 1. The third-order valence-corrected chi connectivity index (χ3v) is 9.41. The van der Waals surface area contributed by atoms with Crippen molar-refractivity contribution in [1.82, 2.24) is 0 Å². The molecule has 0 saturated heterocycles. The molecule has 55 heavy (non-hydrogen) atoms. The fourth-order valence-corrected chi connectivity index (χ4v) is 6.08. The summed E-state index contributed by atoms with van der Waals surface area (Å²) >= 11 is 0. The van der Waals surface area contributed by atoms with E-state index in [2.05, 4.69) is 74.6 Å². The quantitative estimate of drug-likeness (QED) is 0.0289. The van der Waals surface area contributed by atoms with E-state index in [4.69, 9.17) is 14.2 Å². The number of carbonyl (C=O) groups is 3. The first-order valence-corrected chi connectivity index (χ1v) is 21.8. The molecule has 0 heterocycles. The fraction of sp³-hybridized carbons (Fsp3) is 0.723. The van der Waals surface area contributed by atoms with E-state index < -0.39 is 18.1 Å². The van der Waals surface area contributed by atoms with Gasteiger partial charge in [-0.2, -0.15) is 0 Å². The summed E-state index contributed by atoms with van der Waals surface area (Å²) in [5.41, 5.74) is 0. The molecule has 8 nitrogen and oxygen atoms in total. The molecule has 1 N–H and O–H groups in total. The minimum absolute atomic E-state index is 0.0516. The Bertz CT molecular complexity index is 1090. The Morgan fingerprint density at radius 1 is 0.545 bits per heavy atom. The van der Waals surface area contributed by atoms with Gasteiger partial charge in [-0.15, -0.1) is 0 Å². The van der Waals surface area contributed by atoms with Crippen molar-refractivity contribution in [3.05, 3.63) is 60.8 Å². The predicted molar refractivity (Wildman–Crippen MR) is 229 cm³/mol. The monoisotopic (exact) mass is 773 g/mol. The largest absolute Gasteiger partial charge is 0.477 e. The van der Waals surface area contributed by atoms with E-state index in [-0.39, 0.29) is 36.2 Å². The fourth-order valence-electron chi connectivity index (χ4n) is 6.08. The van der Waals surface area contributed by atoms with Crippen LogP contribution in [0.15, 0.2) is 60.8 Å². The van der Waals surface area contributed by atoms with Gasteiger partial charge in [0.25, 0.3) is 0 Å². The van der Waals surface area contributed by atoms with E-state index in [1.807, 2.05) is 21.1 Å². The van der Waals surface area contributed by atoms with Crippen molar-refractivity contribution >= 4 is 17.9 Å². The van der Waals surface area contributed by atoms with Crippen molar-refractivity contribution in [1.29, 1.82) is 0 Å². The minimum atomic E-state index is -0.881. The zero-order valence-electron chi connectivity index (χ0n) is 35.9. The number of aliphatic carboxylic acids is 1. The molecule has 0 aliphatic rings. The van der Waals surface area contributed by atoms with Gasteiger partial charge in [0.05, 0.1) is 34.4 Å². The van der Waals surface area contributed by atoms with Crippen LogP contribution in [0.1, 0.15) is 168 Å². The van der Waals surface area contributed by atoms with Crippen molar-refractivity contribution < 1.29 is 38.2 Å². The molecule has 2 unspecified atom stereocenters. The van der Waals surface area contributed by atoms with Gasteiger partial charge < -0.3 is 23.8 Å². The first-order valence-electron chi connectivity index (χ1n) is 21.8. The van der Waals surface area contributed by atoms with E-state index in [9.17, 15) is 19.5 Å². The van der Waals surface area contributed by atoms with Crippen LogP contribution < -0.4 is 0 Å². The first kappa shape index (κ1) is 52.0. The maximum absolute atomic E-state index is 12.7. The van der Waals surface area contributed by atoms with Crippen LogP contribution in [0.4, 0.5) is 0 Å². The van der Waals surface area contributed by atoms with Gasteiger partial charge in [0, 0.05) is 19.3 Å². The molecule has 0 rings (SSSR count). The zero-order valence-corrected chi connectivity index (χ0v) is 35.9. The van der Waals surface area contributed by atoms with E-state index in [1.54, 1.807) is 0 Å². The number of hydrogen-bond acceptors (Lipinski definition) is 6. The van der Waals surface area contributed by atoms with Crippen LogP contribution in [-0.4, -0.2) is 80.6 Å². The summed E-state index contributed by atoms with van der Waals surface area (Å²) in [7, 11) is 5.51. The van der Waals surface area contributed by atoms with Crippen molar-refractivity contribution in [3.63, 3.8) is 0 Å². The van der Waals surface area contributed by atoms with Crippen LogP contribution in [-0.2, 0) is 28.6 Å². The topological polar surface area (TPSA) is 99.1 Å². The van der Waals surface area contributed by atoms with Gasteiger partial charge in [0.15, 0.2) is 12.1 Å². The van der Waals surface area contributed by atoms with Crippen molar-refractivity contribution in [2.45, 2.75) is 180 Å². The summed E-state index contributed by atoms with van der Waals surface area (Å²) in [5.74, 6) is -1.50. The van der Waals surface area contributed by atoms with E-state index in [1.165, 1.54) is 38.5 Å². The normalized spacial score (nSPS) is 13.5. The van der Waals surface area contributed by atoms with Gasteiger partial charge in [-0.05, 0) is 70.6 Å². The second-order valence-corrected chi connectivity index (χ2v) is 15.5. The highest BCUT2D eigenvalue weighted by atomic mass is 16.6. The molecule has 0 aliphatic carbocycles. The molecular formula is C47H82NO7+. The number of allylic oxidation sites excluding steroid dienone is 10. The molecule has 0 bridgehead atoms. The van der Waals surface area contributed by atoms with Crippen LogP contribution in [0.25, 0.3) is 0 Å². The lowest BCUT2D eigenvalue weighted by atomic mass is 10.1. The molecule has 0 spiro atoms. The summed E-state index contributed by atoms with van der Waals surface area (Å²) in [5, 5.41) is 9.61. The predicted octanol–water partition coefficient (Wildman–Crippen LogP) is 11.8. The molecule has 0 fully saturated rings. The number of ether oxygens (including phenoxy) is 3. The molecule has 0 aromatic rings. The number of quaternary nitrogens is 1. The SMILES string of the molecule is CC/C=C/C/C=C/C/C=C/CCCCCCCCCCCC(=O)OCC(COCCC(C(=O)O)[N+](C)(C)C)OC(=O)CCCCCCC/C=C/C/C=C/CC. The highest BCUT2D eigenvalue weighted by Gasteiger charge is 2.31. The maximum atomic E-state index is 12.7. The summed E-state index contributed by atoms with van der Waals surface area (Å²) in [4.78, 5) is 36.9. The number of unbranched alkanes of at least 4 members (excludes halogenated alkanes) is 14. The van der Waals surface area contributed by atoms with Gasteiger partial charge in [0.2, 0.25) is 0 Å². The third-order valence-electron chi connectivity index (χ3n) is 9.41. The van der Waals surface area contributed by atoms with Crippen LogP contribution in [0, 0.1) is 0 Å². The number of esters is 2. The van der Waals surface area contributed by atoms with Gasteiger partial charge in [-0.1, -0.05) is 139 Å². The average molecular weight is 773 g/mol. The molecule has 0 aromatic heterocycles. The lowest BCUT2D eigenvalue weighted by Crippen LogP contribution is -2.50. The zero-order chi connectivity index (χ0) is 40.7. The Kier molecular flexibility index (Phi) is 35.9. The lowest BCUT2D eigenvalue weighted by molar-refractivity contribution is -0.887. The number of likely N-dealkylation sites (N-methyl/N-ethyl adjacent to an activating group) is 1. The number of rotatable bonds is 38. The number of carboxylic acids is 1. The molecule has 0 aromatic carbocycles. The second-order valence-electron chi connectivity index (χ2n) is 15.5. The summed E-state index contributed by atoms with van der Waals surface area (Å²) < 4.78 is 17.2. The molecule has 316 valence electrons. The van der Waals surface area contributed by atoms with Crippen LogP contribution in [0.3, 0.4) is 0 Å². The summed E-state index contributed by atoms with van der Waals surface area (Å²) in [6, 6.07) is -0.619. The minimum Gasteiger partial charge on any atom is -0.477 e. The van der Waals surface area contributed by atoms with Crippen LogP contribution in [0.2, 0.25) is 0 Å². The van der Waals surface area contributed by atoms with Crippen molar-refractivity contribution in [2.24, 2.45) is 0 Å². The highest BCUT2D eigenvalue weighted by molar-refractivity contribution is 5.72. The first-order chi connectivity index (χ1) is 26.6. The maximum Gasteiger partial charge on any atom is 0.362 e. The third kappa shape index (κ3) is 36.4. The second kappa shape index (κ2) is 37.9. The van der Waals surface area contributed by atoms with Crippen molar-refractivity contribution in [2.75, 3.05) is 41.0 Å².